The topological polar surface area (TPSA) is 93.2 Å². The first-order chi connectivity index (χ1) is 22.3. The van der Waals surface area contributed by atoms with Gasteiger partial charge in [-0.3, -0.25) is 14.5 Å². The molecule has 0 spiro atoms. The van der Waals surface area contributed by atoms with Gasteiger partial charge < -0.3 is 20.2 Å². The highest BCUT2D eigenvalue weighted by atomic mass is 32.2. The Bertz CT molecular complexity index is 1600. The van der Waals surface area contributed by atoms with E-state index >= 15 is 0 Å². The van der Waals surface area contributed by atoms with Crippen molar-refractivity contribution in [3.63, 3.8) is 0 Å². The van der Waals surface area contributed by atoms with E-state index in [2.05, 4.69) is 5.32 Å². The van der Waals surface area contributed by atoms with E-state index in [1.165, 1.54) is 29.9 Å². The maximum Gasteiger partial charge on any atom is 0.430 e. The lowest BCUT2D eigenvalue weighted by Crippen LogP contribution is -2.60. The Labute approximate surface area is 278 Å². The summed E-state index contributed by atoms with van der Waals surface area (Å²) in [4.78, 5) is 45.2. The van der Waals surface area contributed by atoms with Gasteiger partial charge in [0.15, 0.2) is 0 Å². The number of benzene rings is 2. The Hall–Kier alpha value is -3.72. The first-order valence-electron chi connectivity index (χ1n) is 15.4. The van der Waals surface area contributed by atoms with Gasteiger partial charge in [0, 0.05) is 46.6 Å². The third kappa shape index (κ3) is 6.38. The molecule has 260 valence electrons. The molecule has 4 amide bonds. The van der Waals surface area contributed by atoms with Crippen molar-refractivity contribution in [1.82, 2.24) is 15.1 Å². The van der Waals surface area contributed by atoms with E-state index < -0.39 is 65.5 Å². The minimum atomic E-state index is -6.03. The number of alkyl halides is 6. The molecule has 5 rings (SSSR count). The summed E-state index contributed by atoms with van der Waals surface area (Å²) in [6, 6.07) is 8.06. The Morgan fingerprint density at radius 1 is 1.00 bits per heavy atom. The predicted octanol–water partition coefficient (Wildman–Crippen LogP) is 6.18. The van der Waals surface area contributed by atoms with Gasteiger partial charge in [0.05, 0.1) is 0 Å². The molecule has 48 heavy (non-hydrogen) atoms. The molecule has 2 N–H and O–H groups in total. The third-order valence-corrected chi connectivity index (χ3v) is 10.4. The molecule has 1 aliphatic carbocycles. The van der Waals surface area contributed by atoms with E-state index in [-0.39, 0.29) is 18.7 Å². The molecule has 2 aromatic carbocycles. The summed E-state index contributed by atoms with van der Waals surface area (Å²) in [5, 5.41) is 13.3. The number of allylic oxidation sites excluding steroid dienone is 1. The van der Waals surface area contributed by atoms with Crippen molar-refractivity contribution in [2.75, 3.05) is 24.5 Å². The monoisotopic (exact) mass is 698 g/mol. The van der Waals surface area contributed by atoms with Gasteiger partial charge in [-0.1, -0.05) is 30.4 Å². The molecule has 2 aliphatic heterocycles. The maximum atomic E-state index is 13.6. The second kappa shape index (κ2) is 12.6. The molecule has 2 saturated heterocycles. The number of aliphatic hydroxyl groups is 1. The third-order valence-electron chi connectivity index (χ3n) is 9.05. The van der Waals surface area contributed by atoms with E-state index in [4.69, 9.17) is 0 Å². The fraction of sp³-hybridized carbons (Fsp3) is 0.485. The van der Waals surface area contributed by atoms with E-state index in [0.717, 1.165) is 15.9 Å². The van der Waals surface area contributed by atoms with Crippen LogP contribution in [0.25, 0.3) is 6.08 Å². The summed E-state index contributed by atoms with van der Waals surface area (Å²) in [6.07, 6.45) is -6.93. The van der Waals surface area contributed by atoms with Gasteiger partial charge >= 0.3 is 18.4 Å². The van der Waals surface area contributed by atoms with Crippen molar-refractivity contribution in [2.24, 2.45) is 0 Å². The molecule has 3 atom stereocenters. The van der Waals surface area contributed by atoms with Gasteiger partial charge in [0.2, 0.25) is 5.91 Å². The SMILES string of the molecule is C/C=C\c1cc(C(O)(C(F)(F)F)C(F)(F)F)ccc1N1CC(C)N(C(=O)CN2C(=O)N[C@@](C)(c3ccc(SC4CC4)cc3)C2=O)CC1C. The molecule has 8 nitrogen and oxygen atoms in total. The number of hydrogen-bond acceptors (Lipinski definition) is 6. The molecule has 1 saturated carbocycles. The van der Waals surface area contributed by atoms with Gasteiger partial charge in [-0.15, -0.1) is 11.8 Å². The number of thioether (sulfide) groups is 1. The standard InChI is InChI=1S/C33H36F6N4O4S/c1-5-6-21-15-23(31(47,32(34,35)36)33(37,38)39)9-14-26(21)41-16-20(3)42(17-19(41)2)27(44)18-43-28(45)30(4,40-29(43)46)22-7-10-24(11-8-22)48-25-12-13-25/h5-11,14-15,19-20,25,47H,12-13,16-18H2,1-4H3,(H,40,46)/b6-5-/t19?,20?,30-/m0/s1. The smallest absolute Gasteiger partial charge is 0.369 e. The summed E-state index contributed by atoms with van der Waals surface area (Å²) >= 11 is 1.76. The normalized spacial score (nSPS) is 24.1. The van der Waals surface area contributed by atoms with Gasteiger partial charge in [-0.05, 0) is 75.9 Å². The molecule has 0 aromatic heterocycles. The average Bonchev–Trinajstić information content (AvgIpc) is 3.79. The molecule has 15 heteroatoms. The van der Waals surface area contributed by atoms with Crippen LogP contribution in [-0.4, -0.2) is 82.1 Å². The van der Waals surface area contributed by atoms with Crippen LogP contribution in [0.3, 0.4) is 0 Å². The van der Waals surface area contributed by atoms with Crippen LogP contribution in [-0.2, 0) is 20.7 Å². The molecular weight excluding hydrogens is 662 g/mol. The molecule has 0 radical (unpaired) electrons. The van der Waals surface area contributed by atoms with Crippen molar-refractivity contribution in [2.45, 2.75) is 86.3 Å². The summed E-state index contributed by atoms with van der Waals surface area (Å²) in [5.74, 6) is -1.07. The van der Waals surface area contributed by atoms with Crippen molar-refractivity contribution in [3.8, 4) is 0 Å². The van der Waals surface area contributed by atoms with Crippen LogP contribution in [0.4, 0.5) is 36.8 Å². The van der Waals surface area contributed by atoms with E-state index in [1.54, 1.807) is 56.5 Å². The highest BCUT2D eigenvalue weighted by molar-refractivity contribution is 8.00. The van der Waals surface area contributed by atoms with Crippen molar-refractivity contribution in [1.29, 1.82) is 0 Å². The largest absolute Gasteiger partial charge is 0.430 e. The summed E-state index contributed by atoms with van der Waals surface area (Å²) < 4.78 is 81.5. The lowest BCUT2D eigenvalue weighted by molar-refractivity contribution is -0.376. The number of urea groups is 1. The van der Waals surface area contributed by atoms with Gasteiger partial charge in [-0.2, -0.15) is 26.3 Å². The highest BCUT2D eigenvalue weighted by Gasteiger charge is 2.71. The molecule has 2 unspecified atom stereocenters. The fourth-order valence-corrected chi connectivity index (χ4v) is 7.21. The lowest BCUT2D eigenvalue weighted by atomic mass is 9.89. The zero-order valence-corrected chi connectivity index (χ0v) is 27.5. The van der Waals surface area contributed by atoms with Crippen molar-refractivity contribution < 1.29 is 45.8 Å². The van der Waals surface area contributed by atoms with Crippen LogP contribution in [0.1, 0.15) is 57.2 Å². The quantitative estimate of drug-likeness (QED) is 0.253. The van der Waals surface area contributed by atoms with E-state index in [9.17, 15) is 45.8 Å². The van der Waals surface area contributed by atoms with E-state index in [0.29, 0.717) is 28.6 Å². The zero-order chi connectivity index (χ0) is 35.4. The van der Waals surface area contributed by atoms with Crippen LogP contribution in [0.2, 0.25) is 0 Å². The van der Waals surface area contributed by atoms with Gasteiger partial charge in [-0.25, -0.2) is 4.79 Å². The van der Waals surface area contributed by atoms with Crippen molar-refractivity contribution in [3.05, 3.63) is 65.2 Å². The Kier molecular flexibility index (Phi) is 9.36. The highest BCUT2D eigenvalue weighted by Crippen LogP contribution is 2.51. The number of anilines is 1. The fourth-order valence-electron chi connectivity index (χ4n) is 6.16. The number of carbonyl (C=O) groups excluding carboxylic acids is 3. The van der Waals surface area contributed by atoms with Crippen LogP contribution >= 0.6 is 11.8 Å². The van der Waals surface area contributed by atoms with Gasteiger partial charge in [0.25, 0.3) is 11.5 Å². The molecule has 3 aliphatic rings. The number of halogens is 6. The van der Waals surface area contributed by atoms with E-state index in [1.807, 2.05) is 12.1 Å². The first kappa shape index (κ1) is 35.6. The predicted molar refractivity (Wildman–Crippen MR) is 168 cm³/mol. The molecule has 0 bridgehead atoms. The Morgan fingerprint density at radius 2 is 1.62 bits per heavy atom. The lowest BCUT2D eigenvalue weighted by Gasteiger charge is -2.46. The number of carbonyl (C=O) groups is 3. The molecule has 3 fully saturated rings. The second-order valence-corrected chi connectivity index (χ2v) is 14.0. The number of hydrogen-bond donors (Lipinski definition) is 2. The van der Waals surface area contributed by atoms with Crippen LogP contribution < -0.4 is 10.2 Å². The number of nitrogens with one attached hydrogen (secondary N) is 1. The van der Waals surface area contributed by atoms with Crippen LogP contribution in [0, 0.1) is 0 Å². The Balaban J connectivity index is 1.31. The summed E-state index contributed by atoms with van der Waals surface area (Å²) in [7, 11) is 0. The minimum absolute atomic E-state index is 0.0125. The number of amides is 4. The molecular formula is C33H36F6N4O4S. The second-order valence-electron chi connectivity index (χ2n) is 12.7. The molecule has 2 aromatic rings. The summed E-state index contributed by atoms with van der Waals surface area (Å²) in [6.45, 7) is 6.29. The van der Waals surface area contributed by atoms with Crippen LogP contribution in [0.15, 0.2) is 53.4 Å². The van der Waals surface area contributed by atoms with Crippen molar-refractivity contribution >= 4 is 41.4 Å². The number of piperazine rings is 1. The minimum Gasteiger partial charge on any atom is -0.369 e. The van der Waals surface area contributed by atoms with Crippen LogP contribution in [0.5, 0.6) is 0 Å². The zero-order valence-electron chi connectivity index (χ0n) is 26.7. The number of rotatable bonds is 8. The molecule has 2 heterocycles. The number of nitrogens with zero attached hydrogens (tertiary/aromatic N) is 3. The summed E-state index contributed by atoms with van der Waals surface area (Å²) in [5.41, 5.74) is -6.91. The van der Waals surface area contributed by atoms with Gasteiger partial charge in [0.1, 0.15) is 12.1 Å². The Morgan fingerprint density at radius 3 is 2.19 bits per heavy atom. The maximum absolute atomic E-state index is 13.6. The first-order valence-corrected chi connectivity index (χ1v) is 16.3. The average molecular weight is 699 g/mol. The number of imide groups is 1.